The minimum Gasteiger partial charge on any atom is -0.491 e. The lowest BCUT2D eigenvalue weighted by molar-refractivity contribution is 0.242. The number of rotatable bonds is 5. The molecule has 2 aromatic carbocycles. The van der Waals surface area contributed by atoms with Gasteiger partial charge in [-0.3, -0.25) is 0 Å². The summed E-state index contributed by atoms with van der Waals surface area (Å²) in [6.07, 6.45) is 0.155. The van der Waals surface area contributed by atoms with E-state index in [1.807, 2.05) is 44.2 Å². The van der Waals surface area contributed by atoms with Crippen molar-refractivity contribution in [1.82, 2.24) is 0 Å². The van der Waals surface area contributed by atoms with Crippen molar-refractivity contribution in [3.8, 4) is 11.8 Å². The number of halogens is 1. The van der Waals surface area contributed by atoms with Gasteiger partial charge in [0, 0.05) is 12.2 Å². The molecule has 0 aromatic heterocycles. The van der Waals surface area contributed by atoms with Crippen LogP contribution in [0.25, 0.3) is 0 Å². The highest BCUT2D eigenvalue weighted by molar-refractivity contribution is 6.31. The van der Waals surface area contributed by atoms with Crippen molar-refractivity contribution in [2.24, 2.45) is 0 Å². The first-order chi connectivity index (χ1) is 10.1. The number of nitrogens with zero attached hydrogens (tertiary/aromatic N) is 1. The minimum atomic E-state index is 0.155. The van der Waals surface area contributed by atoms with Gasteiger partial charge in [-0.05, 0) is 49.7 Å². The lowest BCUT2D eigenvalue weighted by Gasteiger charge is -2.12. The topological polar surface area (TPSA) is 45.0 Å². The molecular weight excluding hydrogens is 284 g/mol. The summed E-state index contributed by atoms with van der Waals surface area (Å²) in [7, 11) is 0. The summed E-state index contributed by atoms with van der Waals surface area (Å²) in [6, 6.07) is 15.4. The normalized spacial score (nSPS) is 10.2. The maximum Gasteiger partial charge on any atom is 0.120 e. The first kappa shape index (κ1) is 15.2. The molecule has 0 saturated heterocycles. The van der Waals surface area contributed by atoms with Gasteiger partial charge in [0.25, 0.3) is 0 Å². The van der Waals surface area contributed by atoms with E-state index in [9.17, 15) is 0 Å². The Morgan fingerprint density at radius 2 is 2.05 bits per heavy atom. The van der Waals surface area contributed by atoms with Crippen molar-refractivity contribution in [2.75, 3.05) is 5.32 Å². The molecule has 1 N–H and O–H groups in total. The lowest BCUT2D eigenvalue weighted by atomic mass is 10.2. The monoisotopic (exact) mass is 300 g/mol. The second kappa shape index (κ2) is 7.01. The molecular formula is C17H17ClN2O. The van der Waals surface area contributed by atoms with Crippen LogP contribution >= 0.6 is 11.6 Å². The molecule has 0 amide bonds. The summed E-state index contributed by atoms with van der Waals surface area (Å²) in [4.78, 5) is 0. The van der Waals surface area contributed by atoms with Crippen molar-refractivity contribution in [3.63, 3.8) is 0 Å². The van der Waals surface area contributed by atoms with Crippen molar-refractivity contribution in [3.05, 3.63) is 58.6 Å². The maximum absolute atomic E-state index is 8.97. The summed E-state index contributed by atoms with van der Waals surface area (Å²) in [5.74, 6) is 0.859. The average Bonchev–Trinajstić information content (AvgIpc) is 2.46. The second-order valence-corrected chi connectivity index (χ2v) is 5.38. The fourth-order valence-corrected chi connectivity index (χ4v) is 2.09. The minimum absolute atomic E-state index is 0.155. The maximum atomic E-state index is 8.97. The first-order valence-electron chi connectivity index (χ1n) is 6.77. The third-order valence-corrected chi connectivity index (χ3v) is 3.18. The Bertz CT molecular complexity index is 662. The van der Waals surface area contributed by atoms with Crippen LogP contribution < -0.4 is 10.1 Å². The fraction of sp³-hybridized carbons (Fsp3) is 0.235. The number of nitrogens with one attached hydrogen (secondary N) is 1. The van der Waals surface area contributed by atoms with Gasteiger partial charge in [0.05, 0.1) is 16.7 Å². The van der Waals surface area contributed by atoms with Gasteiger partial charge in [-0.2, -0.15) is 5.26 Å². The number of hydrogen-bond donors (Lipinski definition) is 1. The molecule has 2 rings (SSSR count). The SMILES string of the molecule is CC(C)Oc1cccc(CNc2ccc(Cl)c(C#N)c2)c1. The second-order valence-electron chi connectivity index (χ2n) is 4.97. The van der Waals surface area contributed by atoms with Crippen molar-refractivity contribution in [1.29, 1.82) is 5.26 Å². The number of anilines is 1. The zero-order valence-corrected chi connectivity index (χ0v) is 12.8. The van der Waals surface area contributed by atoms with Gasteiger partial charge >= 0.3 is 0 Å². The smallest absolute Gasteiger partial charge is 0.120 e. The third kappa shape index (κ3) is 4.40. The molecule has 0 saturated carbocycles. The Hall–Kier alpha value is -2.18. The van der Waals surface area contributed by atoms with Crippen molar-refractivity contribution < 1.29 is 4.74 Å². The van der Waals surface area contributed by atoms with E-state index in [-0.39, 0.29) is 6.10 Å². The van der Waals surface area contributed by atoms with E-state index in [2.05, 4.69) is 11.4 Å². The largest absolute Gasteiger partial charge is 0.491 e. The summed E-state index contributed by atoms with van der Waals surface area (Å²) in [6.45, 7) is 4.66. The molecule has 0 unspecified atom stereocenters. The van der Waals surface area contributed by atoms with E-state index in [1.54, 1.807) is 12.1 Å². The molecule has 0 aliphatic carbocycles. The zero-order valence-electron chi connectivity index (χ0n) is 12.1. The molecule has 21 heavy (non-hydrogen) atoms. The molecule has 0 atom stereocenters. The van der Waals surface area contributed by atoms with Gasteiger partial charge in [-0.15, -0.1) is 0 Å². The summed E-state index contributed by atoms with van der Waals surface area (Å²) in [5.41, 5.74) is 2.45. The quantitative estimate of drug-likeness (QED) is 0.877. The van der Waals surface area contributed by atoms with Gasteiger partial charge in [0.2, 0.25) is 0 Å². The lowest BCUT2D eigenvalue weighted by Crippen LogP contribution is -2.06. The standard InChI is InChI=1S/C17H17ClN2O/c1-12(2)21-16-5-3-4-13(8-16)11-20-15-6-7-17(18)14(9-15)10-19/h3-9,12,20H,11H2,1-2H3. The highest BCUT2D eigenvalue weighted by Gasteiger charge is 2.02. The van der Waals surface area contributed by atoms with Crippen LogP contribution in [0, 0.1) is 11.3 Å². The predicted octanol–water partition coefficient (Wildman–Crippen LogP) is 4.61. The van der Waals surface area contributed by atoms with Gasteiger partial charge < -0.3 is 10.1 Å². The van der Waals surface area contributed by atoms with Crippen LogP contribution in [0.3, 0.4) is 0 Å². The van der Waals surface area contributed by atoms with Crippen LogP contribution in [0.5, 0.6) is 5.75 Å². The Kier molecular flexibility index (Phi) is 5.08. The third-order valence-electron chi connectivity index (χ3n) is 2.85. The summed E-state index contributed by atoms with van der Waals surface area (Å²) < 4.78 is 5.67. The molecule has 0 bridgehead atoms. The van der Waals surface area contributed by atoms with E-state index < -0.39 is 0 Å². The van der Waals surface area contributed by atoms with Crippen LogP contribution in [0.1, 0.15) is 25.0 Å². The molecule has 0 radical (unpaired) electrons. The fourth-order valence-electron chi connectivity index (χ4n) is 1.93. The van der Waals surface area contributed by atoms with E-state index in [0.29, 0.717) is 17.1 Å². The van der Waals surface area contributed by atoms with Crippen LogP contribution in [0.2, 0.25) is 5.02 Å². The van der Waals surface area contributed by atoms with Crippen molar-refractivity contribution in [2.45, 2.75) is 26.5 Å². The van der Waals surface area contributed by atoms with E-state index in [1.165, 1.54) is 0 Å². The Balaban J connectivity index is 2.04. The molecule has 4 heteroatoms. The number of nitriles is 1. The average molecular weight is 301 g/mol. The van der Waals surface area contributed by atoms with Gasteiger partial charge in [0.1, 0.15) is 11.8 Å². The van der Waals surface area contributed by atoms with Crippen LogP contribution in [0.15, 0.2) is 42.5 Å². The highest BCUT2D eigenvalue weighted by atomic mass is 35.5. The molecule has 0 aliphatic rings. The molecule has 0 aliphatic heterocycles. The molecule has 0 fully saturated rings. The highest BCUT2D eigenvalue weighted by Crippen LogP contribution is 2.21. The van der Waals surface area contributed by atoms with Crippen LogP contribution in [-0.4, -0.2) is 6.10 Å². The predicted molar refractivity (Wildman–Crippen MR) is 85.7 cm³/mol. The van der Waals surface area contributed by atoms with Crippen LogP contribution in [-0.2, 0) is 6.54 Å². The van der Waals surface area contributed by atoms with Gasteiger partial charge in [-0.25, -0.2) is 0 Å². The molecule has 0 heterocycles. The number of hydrogen-bond acceptors (Lipinski definition) is 3. The summed E-state index contributed by atoms with van der Waals surface area (Å²) >= 11 is 5.92. The number of benzene rings is 2. The summed E-state index contributed by atoms with van der Waals surface area (Å²) in [5, 5.41) is 12.7. The van der Waals surface area contributed by atoms with E-state index in [0.717, 1.165) is 17.0 Å². The Morgan fingerprint density at radius 3 is 2.76 bits per heavy atom. The van der Waals surface area contributed by atoms with E-state index in [4.69, 9.17) is 21.6 Å². The number of ether oxygens (including phenoxy) is 1. The molecule has 0 spiro atoms. The Morgan fingerprint density at radius 1 is 1.24 bits per heavy atom. The molecule has 3 nitrogen and oxygen atoms in total. The zero-order chi connectivity index (χ0) is 15.2. The van der Waals surface area contributed by atoms with Gasteiger partial charge in [0.15, 0.2) is 0 Å². The first-order valence-corrected chi connectivity index (χ1v) is 7.15. The Labute approximate surface area is 130 Å². The van der Waals surface area contributed by atoms with Crippen LogP contribution in [0.4, 0.5) is 5.69 Å². The van der Waals surface area contributed by atoms with E-state index >= 15 is 0 Å². The molecule has 2 aromatic rings. The molecule has 108 valence electrons. The van der Waals surface area contributed by atoms with Crippen molar-refractivity contribution >= 4 is 17.3 Å². The van der Waals surface area contributed by atoms with Gasteiger partial charge in [-0.1, -0.05) is 23.7 Å².